The van der Waals surface area contributed by atoms with Crippen LogP contribution in [0.2, 0.25) is 0 Å². The summed E-state index contributed by atoms with van der Waals surface area (Å²) in [6.45, 7) is 3.79. The summed E-state index contributed by atoms with van der Waals surface area (Å²) in [4.78, 5) is 23.5. The van der Waals surface area contributed by atoms with Crippen LogP contribution in [0.15, 0.2) is 83.4 Å². The molecule has 2 atom stereocenters. The molecular formula is C30H28N2O5. The van der Waals surface area contributed by atoms with E-state index in [0.29, 0.717) is 29.9 Å². The molecule has 1 aromatic heterocycles. The molecule has 1 fully saturated rings. The van der Waals surface area contributed by atoms with Crippen LogP contribution in [0.1, 0.15) is 54.2 Å². The number of ether oxygens (including phenoxy) is 1. The van der Waals surface area contributed by atoms with Gasteiger partial charge in [-0.3, -0.25) is 4.79 Å². The highest BCUT2D eigenvalue weighted by Crippen LogP contribution is 2.48. The molecular weight excluding hydrogens is 468 g/mol. The molecule has 1 saturated carbocycles. The Morgan fingerprint density at radius 2 is 1.51 bits per heavy atom. The van der Waals surface area contributed by atoms with E-state index in [0.717, 1.165) is 27.8 Å². The smallest absolute Gasteiger partial charge is 0.405 e. The molecule has 7 heteroatoms. The first-order chi connectivity index (χ1) is 17.8. The fourth-order valence-electron chi connectivity index (χ4n) is 4.93. The SMILES string of the molecule is Cc1noc(-c2ccc(-c3ccc(C4(C(=O)O)CC4)cc3)cc2)c1[C@H](OC(N)=O)C(C)c1ccccc1. The highest BCUT2D eigenvalue weighted by atomic mass is 16.6. The van der Waals surface area contributed by atoms with Gasteiger partial charge in [-0.05, 0) is 42.0 Å². The number of aliphatic carboxylic acids is 1. The lowest BCUT2D eigenvalue weighted by Gasteiger charge is -2.24. The molecule has 3 N–H and O–H groups in total. The monoisotopic (exact) mass is 496 g/mol. The molecule has 0 radical (unpaired) electrons. The van der Waals surface area contributed by atoms with Gasteiger partial charge in [0.25, 0.3) is 0 Å². The molecule has 5 rings (SSSR count). The molecule has 7 nitrogen and oxygen atoms in total. The maximum absolute atomic E-state index is 11.8. The van der Waals surface area contributed by atoms with Crippen molar-refractivity contribution in [3.8, 4) is 22.5 Å². The van der Waals surface area contributed by atoms with Crippen molar-refractivity contribution >= 4 is 12.1 Å². The number of carboxylic acid groups (broad SMARTS) is 1. The number of nitrogens with two attached hydrogens (primary N) is 1. The number of benzene rings is 3. The average molecular weight is 497 g/mol. The second-order valence-electron chi connectivity index (χ2n) is 9.61. The van der Waals surface area contributed by atoms with E-state index in [-0.39, 0.29) is 5.92 Å². The van der Waals surface area contributed by atoms with Crippen LogP contribution in [-0.4, -0.2) is 22.3 Å². The lowest BCUT2D eigenvalue weighted by Crippen LogP contribution is -2.22. The summed E-state index contributed by atoms with van der Waals surface area (Å²) < 4.78 is 11.3. The molecule has 1 unspecified atom stereocenters. The number of aryl methyl sites for hydroxylation is 1. The Hall–Kier alpha value is -4.39. The third-order valence-electron chi connectivity index (χ3n) is 7.29. The highest BCUT2D eigenvalue weighted by Gasteiger charge is 2.51. The van der Waals surface area contributed by atoms with Crippen LogP contribution in [0, 0.1) is 6.92 Å². The van der Waals surface area contributed by atoms with Gasteiger partial charge < -0.3 is 20.1 Å². The Bertz CT molecular complexity index is 1420. The van der Waals surface area contributed by atoms with E-state index in [2.05, 4.69) is 5.16 Å². The van der Waals surface area contributed by atoms with Crippen LogP contribution in [0.3, 0.4) is 0 Å². The van der Waals surface area contributed by atoms with E-state index in [1.165, 1.54) is 0 Å². The summed E-state index contributed by atoms with van der Waals surface area (Å²) in [5.74, 6) is -0.433. The second kappa shape index (κ2) is 9.58. The normalized spacial score (nSPS) is 15.5. The van der Waals surface area contributed by atoms with Gasteiger partial charge in [0.1, 0.15) is 6.10 Å². The third kappa shape index (κ3) is 4.60. The number of aromatic nitrogens is 1. The van der Waals surface area contributed by atoms with Crippen LogP contribution in [0.4, 0.5) is 4.79 Å². The molecule has 0 bridgehead atoms. The Labute approximate surface area is 214 Å². The van der Waals surface area contributed by atoms with Gasteiger partial charge in [-0.2, -0.15) is 0 Å². The van der Waals surface area contributed by atoms with Gasteiger partial charge in [0.15, 0.2) is 5.76 Å². The Balaban J connectivity index is 1.45. The summed E-state index contributed by atoms with van der Waals surface area (Å²) in [5, 5.41) is 13.7. The number of amides is 1. The van der Waals surface area contributed by atoms with E-state index >= 15 is 0 Å². The van der Waals surface area contributed by atoms with Crippen molar-refractivity contribution in [1.29, 1.82) is 0 Å². The van der Waals surface area contributed by atoms with Crippen molar-refractivity contribution in [2.75, 3.05) is 0 Å². The Morgan fingerprint density at radius 1 is 0.946 bits per heavy atom. The summed E-state index contributed by atoms with van der Waals surface area (Å²) >= 11 is 0. The third-order valence-corrected chi connectivity index (χ3v) is 7.29. The number of carbonyl (C=O) groups excluding carboxylic acids is 1. The van der Waals surface area contributed by atoms with Crippen LogP contribution in [0.25, 0.3) is 22.5 Å². The lowest BCUT2D eigenvalue weighted by molar-refractivity contribution is -0.140. The fraction of sp³-hybridized carbons (Fsp3) is 0.233. The quantitative estimate of drug-likeness (QED) is 0.293. The van der Waals surface area contributed by atoms with Crippen molar-refractivity contribution in [1.82, 2.24) is 5.16 Å². The van der Waals surface area contributed by atoms with Crippen LogP contribution in [-0.2, 0) is 14.9 Å². The van der Waals surface area contributed by atoms with Gasteiger partial charge in [-0.25, -0.2) is 4.79 Å². The summed E-state index contributed by atoms with van der Waals surface area (Å²) in [7, 11) is 0. The van der Waals surface area contributed by atoms with Crippen molar-refractivity contribution in [3.63, 3.8) is 0 Å². The zero-order valence-corrected chi connectivity index (χ0v) is 20.7. The molecule has 1 heterocycles. The minimum atomic E-state index is -0.867. The average Bonchev–Trinajstić information content (AvgIpc) is 3.65. The highest BCUT2D eigenvalue weighted by molar-refractivity contribution is 5.85. The Kier molecular flexibility index (Phi) is 6.29. The molecule has 0 aliphatic heterocycles. The minimum Gasteiger partial charge on any atom is -0.481 e. The lowest BCUT2D eigenvalue weighted by atomic mass is 9.88. The molecule has 188 valence electrons. The van der Waals surface area contributed by atoms with Gasteiger partial charge in [0.05, 0.1) is 16.7 Å². The zero-order valence-electron chi connectivity index (χ0n) is 20.7. The van der Waals surface area contributed by atoms with E-state index < -0.39 is 23.6 Å². The first-order valence-corrected chi connectivity index (χ1v) is 12.2. The Morgan fingerprint density at radius 3 is 2.05 bits per heavy atom. The number of primary amides is 1. The van der Waals surface area contributed by atoms with E-state index in [4.69, 9.17) is 15.0 Å². The number of hydrogen-bond donors (Lipinski definition) is 2. The van der Waals surface area contributed by atoms with Gasteiger partial charge in [0.2, 0.25) is 0 Å². The topological polar surface area (TPSA) is 116 Å². The fourth-order valence-corrected chi connectivity index (χ4v) is 4.93. The predicted octanol–water partition coefficient (Wildman–Crippen LogP) is 6.37. The second-order valence-corrected chi connectivity index (χ2v) is 9.61. The summed E-state index contributed by atoms with van der Waals surface area (Å²) in [6, 6.07) is 25.3. The predicted molar refractivity (Wildman–Crippen MR) is 139 cm³/mol. The molecule has 4 aromatic rings. The number of hydrogen-bond acceptors (Lipinski definition) is 5. The van der Waals surface area contributed by atoms with Crippen molar-refractivity contribution < 1.29 is 24.0 Å². The molecule has 1 aliphatic rings. The number of nitrogens with zero attached hydrogens (tertiary/aromatic N) is 1. The van der Waals surface area contributed by atoms with Gasteiger partial charge in [0, 0.05) is 11.5 Å². The molecule has 3 aromatic carbocycles. The van der Waals surface area contributed by atoms with Crippen molar-refractivity contribution in [2.24, 2.45) is 5.73 Å². The zero-order chi connectivity index (χ0) is 26.2. The summed E-state index contributed by atoms with van der Waals surface area (Å²) in [5.41, 5.74) is 10.6. The van der Waals surface area contributed by atoms with E-state index in [1.54, 1.807) is 0 Å². The molecule has 1 aliphatic carbocycles. The molecule has 0 spiro atoms. The summed E-state index contributed by atoms with van der Waals surface area (Å²) in [6.07, 6.45) is -0.191. The minimum absolute atomic E-state index is 0.191. The maximum Gasteiger partial charge on any atom is 0.405 e. The van der Waals surface area contributed by atoms with Crippen LogP contribution < -0.4 is 5.73 Å². The number of rotatable bonds is 8. The molecule has 0 saturated heterocycles. The van der Waals surface area contributed by atoms with Crippen molar-refractivity contribution in [3.05, 3.63) is 101 Å². The van der Waals surface area contributed by atoms with Crippen LogP contribution >= 0.6 is 0 Å². The number of carbonyl (C=O) groups is 2. The van der Waals surface area contributed by atoms with Gasteiger partial charge in [-0.1, -0.05) is 90.9 Å². The van der Waals surface area contributed by atoms with Crippen LogP contribution in [0.5, 0.6) is 0 Å². The largest absolute Gasteiger partial charge is 0.481 e. The number of carboxylic acids is 1. The van der Waals surface area contributed by atoms with Gasteiger partial charge in [-0.15, -0.1) is 0 Å². The van der Waals surface area contributed by atoms with E-state index in [9.17, 15) is 14.7 Å². The van der Waals surface area contributed by atoms with Gasteiger partial charge >= 0.3 is 12.1 Å². The van der Waals surface area contributed by atoms with E-state index in [1.807, 2.05) is 92.7 Å². The first kappa shape index (κ1) is 24.3. The maximum atomic E-state index is 11.8. The molecule has 1 amide bonds. The molecule has 37 heavy (non-hydrogen) atoms. The standard InChI is InChI=1S/C30H28N2O5/c1-18(20-6-4-3-5-7-20)26(36-29(31)35)25-19(2)32-37-27(25)23-10-8-21(9-11-23)22-12-14-24(15-13-22)30(16-17-30)28(33)34/h3-15,18,26H,16-17H2,1-2H3,(H2,31,35)(H,33,34)/t18?,26-/m1/s1. The van der Waals surface area contributed by atoms with Crippen molar-refractivity contribution in [2.45, 2.75) is 44.1 Å². The first-order valence-electron chi connectivity index (χ1n) is 12.2.